The number of ether oxygens (including phenoxy) is 3. The molecule has 21 heavy (non-hydrogen) atoms. The number of alkyl halides is 1. The number of esters is 1. The number of carbonyl (C=O) groups excluding carboxylic acids is 2. The van der Waals surface area contributed by atoms with Gasteiger partial charge in [-0.1, -0.05) is 27.5 Å². The van der Waals surface area contributed by atoms with Crippen LogP contribution in [0.5, 0.6) is 5.75 Å². The lowest BCUT2D eigenvalue weighted by molar-refractivity contribution is 0.0201. The summed E-state index contributed by atoms with van der Waals surface area (Å²) in [4.78, 5) is 23.6. The molecule has 0 unspecified atom stereocenters. The fourth-order valence-corrected chi connectivity index (χ4v) is 2.14. The van der Waals surface area contributed by atoms with Crippen molar-refractivity contribution in [2.24, 2.45) is 0 Å². The summed E-state index contributed by atoms with van der Waals surface area (Å²) in [6.45, 7) is 5.13. The molecule has 0 aliphatic rings. The predicted octanol–water partition coefficient (Wildman–Crippen LogP) is 4.34. The summed E-state index contributed by atoms with van der Waals surface area (Å²) in [5.41, 5.74) is -0.108. The first kappa shape index (κ1) is 17.8. The molecule has 0 aliphatic carbocycles. The molecule has 7 heteroatoms. The van der Waals surface area contributed by atoms with Crippen molar-refractivity contribution in [1.82, 2.24) is 0 Å². The van der Waals surface area contributed by atoms with Crippen LogP contribution in [0.2, 0.25) is 5.02 Å². The SMILES string of the molecule is COC(=O)c1cc(Cl)cc(CBr)c1OC(=O)OC(C)(C)C. The molecule has 0 bridgehead atoms. The van der Waals surface area contributed by atoms with E-state index in [-0.39, 0.29) is 11.3 Å². The lowest BCUT2D eigenvalue weighted by atomic mass is 10.1. The molecule has 1 aromatic rings. The zero-order valence-corrected chi connectivity index (χ0v) is 14.5. The number of halogens is 2. The van der Waals surface area contributed by atoms with Crippen LogP contribution in [0, 0.1) is 0 Å². The van der Waals surface area contributed by atoms with E-state index in [1.807, 2.05) is 0 Å². The molecular weight excluding hydrogens is 364 g/mol. The Morgan fingerprint density at radius 1 is 1.29 bits per heavy atom. The summed E-state index contributed by atoms with van der Waals surface area (Å²) >= 11 is 9.20. The van der Waals surface area contributed by atoms with Crippen molar-refractivity contribution in [2.75, 3.05) is 7.11 Å². The number of carbonyl (C=O) groups is 2. The molecule has 0 heterocycles. The molecule has 5 nitrogen and oxygen atoms in total. The first-order valence-corrected chi connectivity index (χ1v) is 7.55. The summed E-state index contributed by atoms with van der Waals surface area (Å²) in [6, 6.07) is 2.96. The maximum absolute atomic E-state index is 11.8. The summed E-state index contributed by atoms with van der Waals surface area (Å²) in [6.07, 6.45) is -0.905. The molecule has 0 N–H and O–H groups in total. The molecule has 0 atom stereocenters. The van der Waals surface area contributed by atoms with Crippen LogP contribution in [0.3, 0.4) is 0 Å². The van der Waals surface area contributed by atoms with Crippen LogP contribution in [0.1, 0.15) is 36.7 Å². The highest BCUT2D eigenvalue weighted by atomic mass is 79.9. The van der Waals surface area contributed by atoms with E-state index in [4.69, 9.17) is 21.1 Å². The van der Waals surface area contributed by atoms with E-state index < -0.39 is 17.7 Å². The zero-order chi connectivity index (χ0) is 16.2. The van der Waals surface area contributed by atoms with Crippen molar-refractivity contribution in [2.45, 2.75) is 31.7 Å². The monoisotopic (exact) mass is 378 g/mol. The highest BCUT2D eigenvalue weighted by Gasteiger charge is 2.24. The third kappa shape index (κ3) is 5.21. The molecule has 1 aromatic carbocycles. The van der Waals surface area contributed by atoms with Gasteiger partial charge < -0.3 is 14.2 Å². The Kier molecular flexibility index (Phi) is 6.04. The van der Waals surface area contributed by atoms with Gasteiger partial charge in [-0.3, -0.25) is 0 Å². The number of hydrogen-bond donors (Lipinski definition) is 0. The molecule has 0 aliphatic heterocycles. The predicted molar refractivity (Wildman–Crippen MR) is 82.3 cm³/mol. The molecule has 116 valence electrons. The van der Waals surface area contributed by atoms with E-state index in [0.717, 1.165) is 0 Å². The number of rotatable bonds is 3. The number of methoxy groups -OCH3 is 1. The fraction of sp³-hybridized carbons (Fsp3) is 0.429. The van der Waals surface area contributed by atoms with Gasteiger partial charge in [-0.2, -0.15) is 0 Å². The fourth-order valence-electron chi connectivity index (χ4n) is 1.49. The standard InChI is InChI=1S/C14H16BrClO5/c1-14(2,3)21-13(18)20-11-8(7-15)5-9(16)6-10(11)12(17)19-4/h5-6H,7H2,1-4H3. The second-order valence-corrected chi connectivity index (χ2v) is 6.13. The maximum atomic E-state index is 11.8. The number of benzene rings is 1. The average Bonchev–Trinajstić information content (AvgIpc) is 2.37. The topological polar surface area (TPSA) is 61.8 Å². The minimum Gasteiger partial charge on any atom is -0.465 e. The van der Waals surface area contributed by atoms with Gasteiger partial charge in [-0.25, -0.2) is 9.59 Å². The van der Waals surface area contributed by atoms with Crippen molar-refractivity contribution in [3.63, 3.8) is 0 Å². The van der Waals surface area contributed by atoms with E-state index >= 15 is 0 Å². The molecular formula is C14H16BrClO5. The Balaban J connectivity index is 3.20. The summed E-state index contributed by atoms with van der Waals surface area (Å²) in [5, 5.41) is 0.678. The van der Waals surface area contributed by atoms with Crippen LogP contribution in [0.4, 0.5) is 4.79 Å². The Labute approximate surface area is 136 Å². The Bertz CT molecular complexity index is 551. The largest absolute Gasteiger partial charge is 0.514 e. The third-order valence-electron chi connectivity index (χ3n) is 2.25. The maximum Gasteiger partial charge on any atom is 0.514 e. The van der Waals surface area contributed by atoms with Crippen LogP contribution in [-0.4, -0.2) is 24.8 Å². The van der Waals surface area contributed by atoms with Crippen LogP contribution < -0.4 is 4.74 Å². The van der Waals surface area contributed by atoms with Crippen LogP contribution >= 0.6 is 27.5 Å². The van der Waals surface area contributed by atoms with E-state index in [9.17, 15) is 9.59 Å². The Morgan fingerprint density at radius 2 is 1.90 bits per heavy atom. The Hall–Kier alpha value is -1.27. The van der Waals surface area contributed by atoms with Gasteiger partial charge in [0.2, 0.25) is 0 Å². The van der Waals surface area contributed by atoms with Gasteiger partial charge in [-0.05, 0) is 32.9 Å². The van der Waals surface area contributed by atoms with Gasteiger partial charge in [0.1, 0.15) is 11.2 Å². The molecule has 0 saturated heterocycles. The third-order valence-corrected chi connectivity index (χ3v) is 3.08. The van der Waals surface area contributed by atoms with Gasteiger partial charge in [-0.15, -0.1) is 0 Å². The van der Waals surface area contributed by atoms with Gasteiger partial charge >= 0.3 is 12.1 Å². The van der Waals surface area contributed by atoms with Gasteiger partial charge in [0.15, 0.2) is 5.75 Å². The molecule has 0 amide bonds. The first-order chi connectivity index (χ1) is 9.67. The van der Waals surface area contributed by atoms with Crippen LogP contribution in [-0.2, 0) is 14.8 Å². The highest BCUT2D eigenvalue weighted by molar-refractivity contribution is 9.08. The smallest absolute Gasteiger partial charge is 0.465 e. The summed E-state index contributed by atoms with van der Waals surface area (Å²) in [7, 11) is 1.23. The minimum atomic E-state index is -0.905. The van der Waals surface area contributed by atoms with E-state index in [1.54, 1.807) is 26.8 Å². The molecule has 0 radical (unpaired) electrons. The second-order valence-electron chi connectivity index (χ2n) is 5.13. The van der Waals surface area contributed by atoms with Gasteiger partial charge in [0.25, 0.3) is 0 Å². The molecule has 0 fully saturated rings. The van der Waals surface area contributed by atoms with Crippen molar-refractivity contribution in [1.29, 1.82) is 0 Å². The van der Waals surface area contributed by atoms with Crippen LogP contribution in [0.25, 0.3) is 0 Å². The molecule has 0 aromatic heterocycles. The average molecular weight is 380 g/mol. The lowest BCUT2D eigenvalue weighted by Crippen LogP contribution is -2.26. The van der Waals surface area contributed by atoms with Crippen molar-refractivity contribution < 1.29 is 23.8 Å². The van der Waals surface area contributed by atoms with Gasteiger partial charge in [0.05, 0.1) is 7.11 Å². The molecule has 1 rings (SSSR count). The second kappa shape index (κ2) is 7.13. The quantitative estimate of drug-likeness (QED) is 0.444. The van der Waals surface area contributed by atoms with E-state index in [2.05, 4.69) is 20.7 Å². The lowest BCUT2D eigenvalue weighted by Gasteiger charge is -2.20. The van der Waals surface area contributed by atoms with Crippen molar-refractivity contribution in [3.05, 3.63) is 28.3 Å². The van der Waals surface area contributed by atoms with Crippen LogP contribution in [0.15, 0.2) is 12.1 Å². The summed E-state index contributed by atoms with van der Waals surface area (Å²) in [5.74, 6) is -0.587. The van der Waals surface area contributed by atoms with E-state index in [0.29, 0.717) is 15.9 Å². The summed E-state index contributed by atoms with van der Waals surface area (Å²) < 4.78 is 14.9. The first-order valence-electron chi connectivity index (χ1n) is 6.05. The minimum absolute atomic E-state index is 0.0605. The normalized spacial score (nSPS) is 11.0. The van der Waals surface area contributed by atoms with Crippen molar-refractivity contribution in [3.8, 4) is 5.75 Å². The highest BCUT2D eigenvalue weighted by Crippen LogP contribution is 2.31. The molecule has 0 saturated carbocycles. The molecule has 0 spiro atoms. The van der Waals surface area contributed by atoms with Gasteiger partial charge in [0, 0.05) is 15.9 Å². The number of hydrogen-bond acceptors (Lipinski definition) is 5. The Morgan fingerprint density at radius 3 is 2.38 bits per heavy atom. The van der Waals surface area contributed by atoms with Crippen molar-refractivity contribution >= 4 is 39.7 Å². The zero-order valence-electron chi connectivity index (χ0n) is 12.2. The van der Waals surface area contributed by atoms with E-state index in [1.165, 1.54) is 13.2 Å².